The maximum Gasteiger partial charge on any atom is 0.262 e. The molecule has 110 valence electrons. The number of carbonyl (C=O) groups excluding carboxylic acids is 1. The van der Waals surface area contributed by atoms with Crippen molar-refractivity contribution in [2.75, 3.05) is 17.7 Å². The van der Waals surface area contributed by atoms with Crippen LogP contribution in [0.5, 0.6) is 5.75 Å². The van der Waals surface area contributed by atoms with E-state index in [-0.39, 0.29) is 23.7 Å². The minimum absolute atomic E-state index is 0.175. The quantitative estimate of drug-likeness (QED) is 0.840. The smallest absolute Gasteiger partial charge is 0.262 e. The molecule has 0 unspecified atom stereocenters. The van der Waals surface area contributed by atoms with Crippen molar-refractivity contribution in [2.45, 2.75) is 0 Å². The molecule has 7 heteroatoms. The number of nitrogens with one attached hydrogen (secondary N) is 1. The fourth-order valence-electron chi connectivity index (χ4n) is 1.58. The lowest BCUT2D eigenvalue weighted by atomic mass is 10.2. The van der Waals surface area contributed by atoms with E-state index in [1.165, 1.54) is 12.1 Å². The van der Waals surface area contributed by atoms with Gasteiger partial charge >= 0.3 is 0 Å². The van der Waals surface area contributed by atoms with Crippen LogP contribution in [0.2, 0.25) is 10.0 Å². The summed E-state index contributed by atoms with van der Waals surface area (Å²) in [7, 11) is 0. The Kier molecular flexibility index (Phi) is 4.88. The molecule has 2 aromatic carbocycles. The highest BCUT2D eigenvalue weighted by atomic mass is 35.5. The van der Waals surface area contributed by atoms with E-state index in [0.717, 1.165) is 6.07 Å². The Morgan fingerprint density at radius 3 is 2.57 bits per heavy atom. The first-order valence-electron chi connectivity index (χ1n) is 5.89. The summed E-state index contributed by atoms with van der Waals surface area (Å²) in [5, 5.41) is 3.03. The van der Waals surface area contributed by atoms with Crippen LogP contribution in [0, 0.1) is 5.82 Å². The van der Waals surface area contributed by atoms with Crippen molar-refractivity contribution in [2.24, 2.45) is 0 Å². The van der Waals surface area contributed by atoms with E-state index in [1.54, 1.807) is 18.2 Å². The Hall–Kier alpha value is -1.98. The summed E-state index contributed by atoms with van der Waals surface area (Å²) in [4.78, 5) is 11.8. The summed E-state index contributed by atoms with van der Waals surface area (Å²) in [6.45, 7) is -0.334. The van der Waals surface area contributed by atoms with Crippen LogP contribution >= 0.6 is 23.2 Å². The van der Waals surface area contributed by atoms with Crippen LogP contribution in [0.4, 0.5) is 15.8 Å². The van der Waals surface area contributed by atoms with Crippen LogP contribution in [0.25, 0.3) is 0 Å². The molecule has 0 saturated heterocycles. The first-order valence-corrected chi connectivity index (χ1v) is 6.64. The fourth-order valence-corrected chi connectivity index (χ4v) is 2.09. The molecule has 0 aromatic heterocycles. The van der Waals surface area contributed by atoms with Gasteiger partial charge in [0.2, 0.25) is 0 Å². The Bertz CT molecular complexity index is 660. The Morgan fingerprint density at radius 2 is 1.90 bits per heavy atom. The number of rotatable bonds is 4. The van der Waals surface area contributed by atoms with E-state index < -0.39 is 11.7 Å². The molecular weight excluding hydrogens is 318 g/mol. The van der Waals surface area contributed by atoms with Gasteiger partial charge in [0.05, 0.1) is 21.4 Å². The summed E-state index contributed by atoms with van der Waals surface area (Å²) < 4.78 is 18.3. The fraction of sp³-hybridized carbons (Fsp3) is 0.0714. The molecule has 4 nitrogen and oxygen atoms in total. The normalized spacial score (nSPS) is 10.2. The van der Waals surface area contributed by atoms with Gasteiger partial charge in [-0.05, 0) is 30.3 Å². The van der Waals surface area contributed by atoms with E-state index in [1.807, 2.05) is 0 Å². The molecule has 0 heterocycles. The second-order valence-electron chi connectivity index (χ2n) is 4.12. The Labute approximate surface area is 130 Å². The molecule has 0 spiro atoms. The summed E-state index contributed by atoms with van der Waals surface area (Å²) in [5.41, 5.74) is 6.05. The number of amides is 1. The average molecular weight is 329 g/mol. The lowest BCUT2D eigenvalue weighted by Gasteiger charge is -2.11. The van der Waals surface area contributed by atoms with E-state index in [2.05, 4.69) is 5.32 Å². The monoisotopic (exact) mass is 328 g/mol. The lowest BCUT2D eigenvalue weighted by Crippen LogP contribution is -2.21. The third-order valence-electron chi connectivity index (χ3n) is 2.56. The molecule has 0 aliphatic rings. The molecule has 0 fully saturated rings. The third-order valence-corrected chi connectivity index (χ3v) is 3.15. The first-order chi connectivity index (χ1) is 9.97. The predicted molar refractivity (Wildman–Crippen MR) is 81.4 cm³/mol. The molecule has 3 N–H and O–H groups in total. The maximum atomic E-state index is 13.1. The van der Waals surface area contributed by atoms with Gasteiger partial charge in [-0.3, -0.25) is 4.79 Å². The molecule has 21 heavy (non-hydrogen) atoms. The molecule has 0 atom stereocenters. The number of hydrogen-bond acceptors (Lipinski definition) is 3. The van der Waals surface area contributed by atoms with E-state index >= 15 is 0 Å². The zero-order valence-electron chi connectivity index (χ0n) is 10.7. The van der Waals surface area contributed by atoms with Gasteiger partial charge in [0.15, 0.2) is 12.4 Å². The van der Waals surface area contributed by atoms with Gasteiger partial charge in [0.1, 0.15) is 5.82 Å². The number of nitrogens with two attached hydrogens (primary N) is 1. The molecular formula is C14H11Cl2FN2O2. The van der Waals surface area contributed by atoms with Crippen molar-refractivity contribution in [3.05, 3.63) is 52.3 Å². The van der Waals surface area contributed by atoms with Gasteiger partial charge < -0.3 is 15.8 Å². The van der Waals surface area contributed by atoms with Crippen molar-refractivity contribution in [1.82, 2.24) is 0 Å². The topological polar surface area (TPSA) is 64.3 Å². The molecule has 2 rings (SSSR count). The minimum atomic E-state index is -0.511. The van der Waals surface area contributed by atoms with Gasteiger partial charge in [0, 0.05) is 0 Å². The number of hydrogen-bond donors (Lipinski definition) is 2. The van der Waals surface area contributed by atoms with Crippen molar-refractivity contribution >= 4 is 40.5 Å². The molecule has 1 amide bonds. The Morgan fingerprint density at radius 1 is 1.24 bits per heavy atom. The maximum absolute atomic E-state index is 13.1. The molecule has 0 aliphatic heterocycles. The second-order valence-corrected chi connectivity index (χ2v) is 4.93. The molecule has 2 aromatic rings. The van der Waals surface area contributed by atoms with E-state index in [0.29, 0.717) is 10.0 Å². The van der Waals surface area contributed by atoms with Crippen LogP contribution in [-0.2, 0) is 4.79 Å². The van der Waals surface area contributed by atoms with Crippen molar-refractivity contribution < 1.29 is 13.9 Å². The summed E-state index contributed by atoms with van der Waals surface area (Å²) in [6.07, 6.45) is 0. The van der Waals surface area contributed by atoms with Crippen LogP contribution in [0.15, 0.2) is 36.4 Å². The minimum Gasteiger partial charge on any atom is -0.481 e. The SMILES string of the molecule is Nc1ccc(F)cc1NC(=O)COc1c(Cl)cccc1Cl. The number of benzene rings is 2. The summed E-state index contributed by atoms with van der Waals surface area (Å²) >= 11 is 11.8. The summed E-state index contributed by atoms with van der Waals surface area (Å²) in [5.74, 6) is -0.805. The van der Waals surface area contributed by atoms with Gasteiger partial charge in [-0.25, -0.2) is 4.39 Å². The zero-order chi connectivity index (χ0) is 15.4. The van der Waals surface area contributed by atoms with Crippen molar-refractivity contribution in [3.63, 3.8) is 0 Å². The number of anilines is 2. The van der Waals surface area contributed by atoms with Crippen molar-refractivity contribution in [3.8, 4) is 5.75 Å². The van der Waals surface area contributed by atoms with Crippen LogP contribution < -0.4 is 15.8 Å². The van der Waals surface area contributed by atoms with Crippen LogP contribution in [0.1, 0.15) is 0 Å². The van der Waals surface area contributed by atoms with E-state index in [9.17, 15) is 9.18 Å². The van der Waals surface area contributed by atoms with E-state index in [4.69, 9.17) is 33.7 Å². The number of para-hydroxylation sites is 1. The first kappa shape index (κ1) is 15.4. The molecule has 0 bridgehead atoms. The highest BCUT2D eigenvalue weighted by Crippen LogP contribution is 2.32. The average Bonchev–Trinajstić information content (AvgIpc) is 2.42. The van der Waals surface area contributed by atoms with Gasteiger partial charge in [-0.1, -0.05) is 29.3 Å². The molecule has 0 saturated carbocycles. The highest BCUT2D eigenvalue weighted by Gasteiger charge is 2.11. The van der Waals surface area contributed by atoms with Gasteiger partial charge in [0.25, 0.3) is 5.91 Å². The van der Waals surface area contributed by atoms with Crippen LogP contribution in [0.3, 0.4) is 0 Å². The molecule has 0 radical (unpaired) electrons. The van der Waals surface area contributed by atoms with Gasteiger partial charge in [-0.15, -0.1) is 0 Å². The molecule has 0 aliphatic carbocycles. The third kappa shape index (κ3) is 4.00. The van der Waals surface area contributed by atoms with Gasteiger partial charge in [-0.2, -0.15) is 0 Å². The number of nitrogen functional groups attached to an aromatic ring is 1. The zero-order valence-corrected chi connectivity index (χ0v) is 12.2. The Balaban J connectivity index is 2.01. The standard InChI is InChI=1S/C14H11Cl2FN2O2/c15-9-2-1-3-10(16)14(9)21-7-13(20)19-12-6-8(17)4-5-11(12)18/h1-6H,7,18H2,(H,19,20). The number of halogens is 3. The second kappa shape index (κ2) is 6.65. The van der Waals surface area contributed by atoms with Crippen molar-refractivity contribution in [1.29, 1.82) is 0 Å². The largest absolute Gasteiger partial charge is 0.481 e. The predicted octanol–water partition coefficient (Wildman–Crippen LogP) is 3.73. The number of carbonyl (C=O) groups is 1. The number of ether oxygens (including phenoxy) is 1. The highest BCUT2D eigenvalue weighted by molar-refractivity contribution is 6.37. The van der Waals surface area contributed by atoms with Crippen LogP contribution in [-0.4, -0.2) is 12.5 Å². The lowest BCUT2D eigenvalue weighted by molar-refractivity contribution is -0.118. The summed E-state index contributed by atoms with van der Waals surface area (Å²) in [6, 6.07) is 8.51.